The average molecular weight is 893 g/mol. The van der Waals surface area contributed by atoms with Gasteiger partial charge in [0, 0.05) is 43.3 Å². The summed E-state index contributed by atoms with van der Waals surface area (Å²) in [6, 6.07) is 12.9. The highest BCUT2D eigenvalue weighted by Crippen LogP contribution is 2.61. The van der Waals surface area contributed by atoms with Gasteiger partial charge >= 0.3 is 0 Å². The molecule has 1 spiro atoms. The quantitative estimate of drug-likeness (QED) is 0.0614. The number of carbonyl (C=O) groups excluding carboxylic acids is 1. The molecular weight excluding hydrogens is 817 g/mol. The minimum absolute atomic E-state index is 0.0301. The molecular formula is C54H76N4O7. The molecule has 11 heteroatoms. The molecule has 0 aromatic heterocycles. The van der Waals surface area contributed by atoms with E-state index in [9.17, 15) is 15.3 Å². The number of allylic oxidation sites excluding steroid dienone is 2. The number of hydrogen-bond acceptors (Lipinski definition) is 9. The monoisotopic (exact) mass is 893 g/mol. The molecule has 1 aliphatic heterocycles. The summed E-state index contributed by atoms with van der Waals surface area (Å²) in [5.74, 6) is 6.05. The number of aliphatic hydroxyl groups is 1. The van der Waals surface area contributed by atoms with Crippen molar-refractivity contribution in [2.45, 2.75) is 165 Å². The number of anilines is 1. The summed E-state index contributed by atoms with van der Waals surface area (Å²) >= 11 is 0. The smallest absolute Gasteiger partial charge is 0.207 e. The van der Waals surface area contributed by atoms with Crippen LogP contribution in [0.15, 0.2) is 47.5 Å². The minimum atomic E-state index is -0.795. The van der Waals surface area contributed by atoms with Crippen molar-refractivity contribution >= 4 is 17.4 Å². The molecule has 9 unspecified atom stereocenters. The minimum Gasteiger partial charge on any atom is -0.504 e. The Morgan fingerprint density at radius 1 is 0.969 bits per heavy atom. The maximum absolute atomic E-state index is 15.3. The van der Waals surface area contributed by atoms with Crippen molar-refractivity contribution in [3.63, 3.8) is 0 Å². The Kier molecular flexibility index (Phi) is 15.1. The van der Waals surface area contributed by atoms with E-state index in [4.69, 9.17) is 14.2 Å². The first-order valence-corrected chi connectivity index (χ1v) is 25.2. The van der Waals surface area contributed by atoms with Gasteiger partial charge in [-0.15, -0.1) is 0 Å². The number of unbranched alkanes of at least 4 members (excludes halogenated alkanes) is 1. The number of benzene rings is 2. The van der Waals surface area contributed by atoms with Gasteiger partial charge in [-0.2, -0.15) is 0 Å². The first kappa shape index (κ1) is 47.3. The van der Waals surface area contributed by atoms with Crippen LogP contribution in [0.2, 0.25) is 0 Å². The van der Waals surface area contributed by atoms with Crippen LogP contribution < -0.4 is 25.4 Å². The van der Waals surface area contributed by atoms with Crippen molar-refractivity contribution in [1.82, 2.24) is 10.6 Å². The van der Waals surface area contributed by atoms with Crippen LogP contribution in [0.4, 0.5) is 5.69 Å². The highest BCUT2D eigenvalue weighted by molar-refractivity contribution is 5.97. The fourth-order valence-corrected chi connectivity index (χ4v) is 13.7. The fourth-order valence-electron chi connectivity index (χ4n) is 13.7. The molecule has 5 fully saturated rings. The molecule has 65 heavy (non-hydrogen) atoms. The number of guanidine groups is 1. The summed E-state index contributed by atoms with van der Waals surface area (Å²) in [6.07, 6.45) is 23.4. The van der Waals surface area contributed by atoms with Crippen LogP contribution in [0, 0.1) is 47.0 Å². The van der Waals surface area contributed by atoms with Gasteiger partial charge in [0.1, 0.15) is 5.60 Å². The number of fused-ring (bicyclic) bond motifs is 3. The fraction of sp³-hybridized carbons (Fsp3) is 0.667. The van der Waals surface area contributed by atoms with Gasteiger partial charge in [0.15, 0.2) is 35.1 Å². The molecule has 9 atom stereocenters. The van der Waals surface area contributed by atoms with E-state index in [1.165, 1.54) is 0 Å². The lowest BCUT2D eigenvalue weighted by Gasteiger charge is -2.50. The maximum Gasteiger partial charge on any atom is 0.207 e. The zero-order chi connectivity index (χ0) is 45.6. The molecule has 0 amide bonds. The number of phenolic OH excluding ortho intramolecular Hbond substituents is 2. The van der Waals surface area contributed by atoms with Crippen molar-refractivity contribution in [3.8, 4) is 35.0 Å². The van der Waals surface area contributed by atoms with Gasteiger partial charge in [0.2, 0.25) is 5.96 Å². The second-order valence-electron chi connectivity index (χ2n) is 20.6. The zero-order valence-electron chi connectivity index (χ0n) is 39.6. The van der Waals surface area contributed by atoms with Crippen molar-refractivity contribution < 1.29 is 34.3 Å². The Labute approximate surface area is 388 Å². The summed E-state index contributed by atoms with van der Waals surface area (Å²) < 4.78 is 18.8. The lowest BCUT2D eigenvalue weighted by Crippen LogP contribution is -2.46. The Morgan fingerprint density at radius 3 is 2.57 bits per heavy atom. The number of carbonyl (C=O) groups is 1. The number of rotatable bonds is 14. The molecule has 1 heterocycles. The van der Waals surface area contributed by atoms with Gasteiger partial charge in [0.05, 0.1) is 18.9 Å². The van der Waals surface area contributed by atoms with Crippen LogP contribution in [0.3, 0.4) is 0 Å². The lowest BCUT2D eigenvalue weighted by atomic mass is 9.54. The molecule has 5 aliphatic carbocycles. The molecule has 6 N–H and O–H groups in total. The van der Waals surface area contributed by atoms with E-state index in [1.54, 1.807) is 20.2 Å². The number of nitrogens with one attached hydrogen (secondary N) is 3. The maximum atomic E-state index is 15.3. The van der Waals surface area contributed by atoms with Crippen molar-refractivity contribution in [2.75, 3.05) is 33.1 Å². The second-order valence-corrected chi connectivity index (χ2v) is 20.6. The van der Waals surface area contributed by atoms with E-state index in [-0.39, 0.29) is 46.6 Å². The predicted octanol–water partition coefficient (Wildman–Crippen LogP) is 9.67. The number of ketones is 1. The average Bonchev–Trinajstić information content (AvgIpc) is 4.13. The Hall–Kier alpha value is -4.24. The first-order chi connectivity index (χ1) is 31.5. The van der Waals surface area contributed by atoms with Gasteiger partial charge in [-0.3, -0.25) is 15.1 Å². The molecule has 5 saturated carbocycles. The van der Waals surface area contributed by atoms with Gasteiger partial charge in [-0.05, 0) is 162 Å². The summed E-state index contributed by atoms with van der Waals surface area (Å²) in [4.78, 5) is 19.9. The van der Waals surface area contributed by atoms with Crippen LogP contribution in [0.5, 0.6) is 23.0 Å². The third-order valence-corrected chi connectivity index (χ3v) is 16.8. The standard InChI is InChI=1S/C54H76N4O7/c1-5-6-12-38-19-20-40-14-10-26-54(40)41-31-44(50(62)47(32-41)65-52(35-55-2)27-24-37(33-52)30-49(61)64-42-16-7-8-17-42)58-51(56-3)57-28-11-15-39-13-9-25-53(39,48(60)23-21-43(38)54)34-36-18-22-45(59)46(29-36)63-4/h18,21-23,29,31-32,37-40,42-43,49,55,59,61-62H,5-10,12-17,19-20,24-27,30,33-35H2,1-4H3,(H2,56,57,58). The molecule has 6 aliphatic rings. The summed E-state index contributed by atoms with van der Waals surface area (Å²) in [5, 5.41) is 43.9. The van der Waals surface area contributed by atoms with E-state index in [1.807, 2.05) is 25.3 Å². The highest BCUT2D eigenvalue weighted by Gasteiger charge is 2.55. The first-order valence-electron chi connectivity index (χ1n) is 25.2. The molecule has 2 aromatic carbocycles. The predicted molar refractivity (Wildman–Crippen MR) is 256 cm³/mol. The third kappa shape index (κ3) is 9.92. The van der Waals surface area contributed by atoms with E-state index in [0.29, 0.717) is 60.8 Å². The summed E-state index contributed by atoms with van der Waals surface area (Å²) in [6.45, 7) is 2.86. The van der Waals surface area contributed by atoms with E-state index >= 15 is 4.79 Å². The molecule has 354 valence electrons. The zero-order valence-corrected chi connectivity index (χ0v) is 39.6. The number of nitrogens with zero attached hydrogens (tertiary/aromatic N) is 1. The van der Waals surface area contributed by atoms with E-state index < -0.39 is 17.3 Å². The van der Waals surface area contributed by atoms with Crippen LogP contribution in [-0.2, 0) is 21.4 Å². The van der Waals surface area contributed by atoms with Gasteiger partial charge in [-0.25, -0.2) is 0 Å². The summed E-state index contributed by atoms with van der Waals surface area (Å²) in [5.41, 5.74) is 1.06. The van der Waals surface area contributed by atoms with Gasteiger partial charge in [-0.1, -0.05) is 63.5 Å². The number of ether oxygens (including phenoxy) is 3. The van der Waals surface area contributed by atoms with Crippen molar-refractivity contribution in [2.24, 2.45) is 40.0 Å². The number of aromatic hydroxyl groups is 2. The number of aliphatic imine (C=N–C) groups is 1. The van der Waals surface area contributed by atoms with Gasteiger partial charge in [0.25, 0.3) is 0 Å². The SMILES string of the molecule is CCCCC1CCC2CCCC23c2cc(c(O)c(OC4(CNC)CCC(CC(O)OC5CCCC5)C4)c2)NC(=NC)NC#CCC2CCCC2(Cc2ccc(O)c(OC)c2)C(=O)C=CC13. The van der Waals surface area contributed by atoms with Gasteiger partial charge < -0.3 is 40.2 Å². The second kappa shape index (κ2) is 20.7. The van der Waals surface area contributed by atoms with E-state index in [2.05, 4.69) is 58.0 Å². The Balaban J connectivity index is 1.21. The summed E-state index contributed by atoms with van der Waals surface area (Å²) in [7, 11) is 5.21. The Bertz CT molecular complexity index is 2110. The number of phenols is 2. The van der Waals surface area contributed by atoms with E-state index in [0.717, 1.165) is 127 Å². The Morgan fingerprint density at radius 2 is 1.78 bits per heavy atom. The van der Waals surface area contributed by atoms with Crippen molar-refractivity contribution in [1.29, 1.82) is 0 Å². The van der Waals surface area contributed by atoms with Crippen LogP contribution in [-0.4, -0.2) is 72.8 Å². The highest BCUT2D eigenvalue weighted by atomic mass is 16.6. The molecule has 2 aromatic rings. The topological polar surface area (TPSA) is 154 Å². The number of likely N-dealkylation sites (N-methyl/N-ethyl adjacent to an activating group) is 1. The largest absolute Gasteiger partial charge is 0.504 e. The molecule has 11 nitrogen and oxygen atoms in total. The normalized spacial score (nSPS) is 32.5. The lowest BCUT2D eigenvalue weighted by molar-refractivity contribution is -0.143. The van der Waals surface area contributed by atoms with Crippen LogP contribution in [0.25, 0.3) is 0 Å². The molecule has 8 rings (SSSR count). The molecule has 0 saturated heterocycles. The molecule has 0 radical (unpaired) electrons. The van der Waals surface area contributed by atoms with Crippen LogP contribution >= 0.6 is 0 Å². The number of aliphatic hydroxyl groups excluding tert-OH is 1. The van der Waals surface area contributed by atoms with Crippen LogP contribution in [0.1, 0.15) is 146 Å². The molecule has 2 bridgehead atoms. The number of methoxy groups -OCH3 is 1. The third-order valence-electron chi connectivity index (χ3n) is 16.8. The van der Waals surface area contributed by atoms with Crippen molar-refractivity contribution in [3.05, 3.63) is 53.6 Å². The number of hydrogen-bond donors (Lipinski definition) is 6.